The van der Waals surface area contributed by atoms with Crippen molar-refractivity contribution in [2.45, 2.75) is 39.5 Å². The van der Waals surface area contributed by atoms with Gasteiger partial charge in [-0.3, -0.25) is 9.20 Å². The maximum atomic E-state index is 12.6. The molecule has 1 aliphatic heterocycles. The molecule has 0 fully saturated rings. The zero-order valence-electron chi connectivity index (χ0n) is 15.0. The van der Waals surface area contributed by atoms with Gasteiger partial charge in [0.2, 0.25) is 0 Å². The minimum Gasteiger partial charge on any atom is -0.265 e. The van der Waals surface area contributed by atoms with Crippen LogP contribution in [0.3, 0.4) is 0 Å². The first-order valence-corrected chi connectivity index (χ1v) is 11.1. The Balaban J connectivity index is 1.74. The van der Waals surface area contributed by atoms with Crippen molar-refractivity contribution in [3.63, 3.8) is 0 Å². The summed E-state index contributed by atoms with van der Waals surface area (Å²) < 4.78 is 12.6. The number of hydrogen-bond donors (Lipinski definition) is 0. The van der Waals surface area contributed by atoms with Gasteiger partial charge in [0.1, 0.15) is 5.01 Å². The third kappa shape index (κ3) is 3.35. The number of rotatable bonds is 6. The summed E-state index contributed by atoms with van der Waals surface area (Å²) in [6.45, 7) is 4.18. The van der Waals surface area contributed by atoms with Crippen molar-refractivity contribution < 1.29 is 4.21 Å². The minimum atomic E-state index is -0.922. The molecule has 1 atom stereocenters. The fourth-order valence-electron chi connectivity index (χ4n) is 3.28. The molecule has 0 saturated heterocycles. The molecule has 0 spiro atoms. The Morgan fingerprint density at radius 3 is 2.88 bits per heavy atom. The second-order valence-electron chi connectivity index (χ2n) is 6.64. The Kier molecular flexibility index (Phi) is 4.96. The predicted molar refractivity (Wildman–Crippen MR) is 111 cm³/mol. The van der Waals surface area contributed by atoms with Crippen molar-refractivity contribution in [3.05, 3.63) is 45.6 Å². The molecule has 0 aromatic carbocycles. The van der Waals surface area contributed by atoms with Crippen LogP contribution in [0.2, 0.25) is 0 Å². The molecule has 26 heavy (non-hydrogen) atoms. The van der Waals surface area contributed by atoms with Crippen LogP contribution in [0.5, 0.6) is 0 Å². The van der Waals surface area contributed by atoms with Crippen LogP contribution in [0.25, 0.3) is 22.4 Å². The Morgan fingerprint density at radius 1 is 1.31 bits per heavy atom. The summed E-state index contributed by atoms with van der Waals surface area (Å²) >= 11 is 1.59. The lowest BCUT2D eigenvalue weighted by Crippen LogP contribution is -2.02. The number of pyridine rings is 1. The molecule has 1 aliphatic carbocycles. The highest BCUT2D eigenvalue weighted by Gasteiger charge is 2.25. The zero-order chi connectivity index (χ0) is 18.1. The van der Waals surface area contributed by atoms with Gasteiger partial charge in [-0.25, -0.2) is 9.97 Å². The van der Waals surface area contributed by atoms with Crippen molar-refractivity contribution >= 4 is 39.5 Å². The molecular formula is C20H21N3OS2. The van der Waals surface area contributed by atoms with Gasteiger partial charge in [-0.15, -0.1) is 11.3 Å². The summed E-state index contributed by atoms with van der Waals surface area (Å²) in [6.07, 6.45) is 9.44. The van der Waals surface area contributed by atoms with Crippen LogP contribution in [0.15, 0.2) is 33.7 Å². The van der Waals surface area contributed by atoms with E-state index >= 15 is 0 Å². The van der Waals surface area contributed by atoms with E-state index in [1.807, 2.05) is 18.5 Å². The van der Waals surface area contributed by atoms with Crippen LogP contribution in [-0.2, 0) is 17.2 Å². The molecule has 4 rings (SSSR count). The fourth-order valence-corrected chi connectivity index (χ4v) is 5.24. The van der Waals surface area contributed by atoms with E-state index in [9.17, 15) is 4.21 Å². The SMILES string of the molecule is CCCCS(=O)C1=Cc2c(C3=CN=C(C)C3)cc(-c3nccs3)nc2C1. The summed E-state index contributed by atoms with van der Waals surface area (Å²) in [7, 11) is -0.922. The average Bonchev–Trinajstić information content (AvgIpc) is 3.38. The summed E-state index contributed by atoms with van der Waals surface area (Å²) in [4.78, 5) is 14.7. The van der Waals surface area contributed by atoms with E-state index in [4.69, 9.17) is 4.98 Å². The van der Waals surface area contributed by atoms with Crippen LogP contribution in [0, 0.1) is 0 Å². The molecule has 6 heteroatoms. The topological polar surface area (TPSA) is 55.2 Å². The molecule has 2 aliphatic rings. The predicted octanol–water partition coefficient (Wildman–Crippen LogP) is 4.86. The van der Waals surface area contributed by atoms with E-state index < -0.39 is 10.8 Å². The van der Waals surface area contributed by atoms with Crippen molar-refractivity contribution in [1.82, 2.24) is 9.97 Å². The van der Waals surface area contributed by atoms with E-state index in [-0.39, 0.29) is 0 Å². The Hall–Kier alpha value is -1.92. The Morgan fingerprint density at radius 2 is 2.19 bits per heavy atom. The summed E-state index contributed by atoms with van der Waals surface area (Å²) in [5.41, 5.74) is 6.50. The summed E-state index contributed by atoms with van der Waals surface area (Å²) in [6, 6.07) is 2.12. The van der Waals surface area contributed by atoms with Gasteiger partial charge >= 0.3 is 0 Å². The maximum absolute atomic E-state index is 12.6. The van der Waals surface area contributed by atoms with E-state index in [0.29, 0.717) is 6.42 Å². The van der Waals surface area contributed by atoms with Crippen LogP contribution in [0.1, 0.15) is 49.9 Å². The number of unbranched alkanes of at least 4 members (excludes halogenated alkanes) is 1. The second kappa shape index (κ2) is 7.37. The Bertz CT molecular complexity index is 956. The van der Waals surface area contributed by atoms with Crippen molar-refractivity contribution in [2.75, 3.05) is 5.75 Å². The largest absolute Gasteiger partial charge is 0.265 e. The van der Waals surface area contributed by atoms with E-state index in [1.54, 1.807) is 17.5 Å². The van der Waals surface area contributed by atoms with Crippen molar-refractivity contribution in [1.29, 1.82) is 0 Å². The van der Waals surface area contributed by atoms with Crippen LogP contribution in [-0.4, -0.2) is 25.6 Å². The summed E-state index contributed by atoms with van der Waals surface area (Å²) in [5, 5.41) is 2.89. The van der Waals surface area contributed by atoms with E-state index in [0.717, 1.165) is 63.2 Å². The normalized spacial score (nSPS) is 16.9. The lowest BCUT2D eigenvalue weighted by Gasteiger charge is -2.10. The van der Waals surface area contributed by atoms with Gasteiger partial charge in [-0.2, -0.15) is 0 Å². The highest BCUT2D eigenvalue weighted by Crippen LogP contribution is 2.37. The van der Waals surface area contributed by atoms with E-state index in [2.05, 4.69) is 29.0 Å². The molecule has 0 bridgehead atoms. The van der Waals surface area contributed by atoms with E-state index in [1.165, 1.54) is 5.57 Å². The van der Waals surface area contributed by atoms with Crippen LogP contribution < -0.4 is 0 Å². The number of nitrogens with zero attached hydrogens (tertiary/aromatic N) is 3. The van der Waals surface area contributed by atoms with Gasteiger partial charge < -0.3 is 0 Å². The Labute approximate surface area is 160 Å². The lowest BCUT2D eigenvalue weighted by molar-refractivity contribution is 0.683. The van der Waals surface area contributed by atoms with Crippen molar-refractivity contribution in [2.24, 2.45) is 4.99 Å². The number of allylic oxidation sites excluding steroid dienone is 2. The van der Waals surface area contributed by atoms with Crippen LogP contribution >= 0.6 is 11.3 Å². The smallest absolute Gasteiger partial charge is 0.141 e. The maximum Gasteiger partial charge on any atom is 0.141 e. The summed E-state index contributed by atoms with van der Waals surface area (Å²) in [5.74, 6) is 0.732. The van der Waals surface area contributed by atoms with Crippen LogP contribution in [0.4, 0.5) is 0 Å². The quantitative estimate of drug-likeness (QED) is 0.716. The molecule has 0 radical (unpaired) electrons. The number of hydrogen-bond acceptors (Lipinski definition) is 5. The third-order valence-electron chi connectivity index (χ3n) is 4.64. The zero-order valence-corrected chi connectivity index (χ0v) is 16.6. The monoisotopic (exact) mass is 383 g/mol. The molecule has 0 amide bonds. The van der Waals surface area contributed by atoms with Gasteiger partial charge in [0.05, 0.1) is 11.4 Å². The number of thiazole rings is 1. The average molecular weight is 384 g/mol. The first-order valence-electron chi connectivity index (χ1n) is 8.91. The number of aliphatic imine (C=N–C) groups is 1. The number of fused-ring (bicyclic) bond motifs is 1. The molecule has 4 nitrogen and oxygen atoms in total. The van der Waals surface area contributed by atoms with Gasteiger partial charge in [0.15, 0.2) is 0 Å². The molecular weight excluding hydrogens is 362 g/mol. The molecule has 2 aromatic rings. The third-order valence-corrected chi connectivity index (χ3v) is 6.95. The molecule has 2 aromatic heterocycles. The number of aromatic nitrogens is 2. The van der Waals surface area contributed by atoms with Gasteiger partial charge in [-0.1, -0.05) is 13.3 Å². The lowest BCUT2D eigenvalue weighted by atomic mass is 9.97. The van der Waals surface area contributed by atoms with Gasteiger partial charge in [-0.05, 0) is 36.6 Å². The molecule has 0 N–H and O–H groups in total. The van der Waals surface area contributed by atoms with Gasteiger partial charge in [0.25, 0.3) is 0 Å². The second-order valence-corrected chi connectivity index (χ2v) is 9.16. The van der Waals surface area contributed by atoms with Crippen molar-refractivity contribution in [3.8, 4) is 10.7 Å². The standard InChI is InChI=1S/C20H21N3OS2/c1-3-4-7-26(24)15-9-17-16(14-8-13(2)22-12-14)11-19(23-18(17)10-15)20-21-5-6-25-20/h5-6,9,11-12H,3-4,7-8,10H2,1-2H3. The highest BCUT2D eigenvalue weighted by atomic mass is 32.2. The molecule has 134 valence electrons. The fraction of sp³-hybridized carbons (Fsp3) is 0.350. The highest BCUT2D eigenvalue weighted by molar-refractivity contribution is 7.89. The minimum absolute atomic E-state index is 0.672. The molecule has 3 heterocycles. The first-order chi connectivity index (χ1) is 12.7. The first kappa shape index (κ1) is 17.5. The van der Waals surface area contributed by atoms with Gasteiger partial charge in [0, 0.05) is 63.4 Å². The molecule has 0 saturated carbocycles. The molecule has 1 unspecified atom stereocenters.